The van der Waals surface area contributed by atoms with Crippen LogP contribution in [0.2, 0.25) is 0 Å². The van der Waals surface area contributed by atoms with Crippen molar-refractivity contribution in [1.29, 1.82) is 0 Å². The van der Waals surface area contributed by atoms with Gasteiger partial charge >= 0.3 is 0 Å². The van der Waals surface area contributed by atoms with Crippen molar-refractivity contribution in [3.63, 3.8) is 0 Å². The highest BCUT2D eigenvalue weighted by Gasteiger charge is 2.16. The van der Waals surface area contributed by atoms with E-state index in [9.17, 15) is 14.9 Å². The van der Waals surface area contributed by atoms with Crippen molar-refractivity contribution in [2.45, 2.75) is 51.9 Å². The Balaban J connectivity index is 1.86. The summed E-state index contributed by atoms with van der Waals surface area (Å²) < 4.78 is 0. The summed E-state index contributed by atoms with van der Waals surface area (Å²) >= 11 is 0. The van der Waals surface area contributed by atoms with Crippen LogP contribution >= 0.6 is 0 Å². The molecule has 1 fully saturated rings. The number of nitro benzene ring substituents is 1. The van der Waals surface area contributed by atoms with Crippen LogP contribution in [-0.2, 0) is 0 Å². The maximum Gasteiger partial charge on any atom is 0.273 e. The lowest BCUT2D eigenvalue weighted by atomic mass is 9.97. The number of nitrogens with zero attached hydrogens (tertiary/aromatic N) is 1. The van der Waals surface area contributed by atoms with Crippen molar-refractivity contribution in [2.75, 3.05) is 6.54 Å². The summed E-state index contributed by atoms with van der Waals surface area (Å²) in [5.41, 5.74) is 0.926. The summed E-state index contributed by atoms with van der Waals surface area (Å²) in [5, 5.41) is 13.8. The zero-order valence-electron chi connectivity index (χ0n) is 13.1. The molecule has 1 saturated carbocycles. The number of nitro groups is 1. The molecule has 0 spiro atoms. The van der Waals surface area contributed by atoms with Gasteiger partial charge in [0.2, 0.25) is 0 Å². The summed E-state index contributed by atoms with van der Waals surface area (Å²) in [4.78, 5) is 22.6. The summed E-state index contributed by atoms with van der Waals surface area (Å²) in [7, 11) is 0. The van der Waals surface area contributed by atoms with Gasteiger partial charge in [-0.1, -0.05) is 44.6 Å². The van der Waals surface area contributed by atoms with Crippen LogP contribution in [0.4, 0.5) is 5.69 Å². The van der Waals surface area contributed by atoms with Gasteiger partial charge in [-0.2, -0.15) is 0 Å². The lowest BCUT2D eigenvalue weighted by Crippen LogP contribution is -2.26. The second-order valence-electron chi connectivity index (χ2n) is 6.16. The third-order valence-corrected chi connectivity index (χ3v) is 4.48. The molecule has 1 amide bonds. The Bertz CT molecular complexity index is 535. The first-order valence-electron chi connectivity index (χ1n) is 8.11. The molecule has 0 heterocycles. The van der Waals surface area contributed by atoms with Crippen LogP contribution < -0.4 is 5.32 Å². The van der Waals surface area contributed by atoms with Gasteiger partial charge in [-0.25, -0.2) is 0 Å². The van der Waals surface area contributed by atoms with E-state index in [1.54, 1.807) is 19.1 Å². The molecular weight excluding hydrogens is 280 g/mol. The van der Waals surface area contributed by atoms with Gasteiger partial charge in [0, 0.05) is 23.7 Å². The zero-order valence-corrected chi connectivity index (χ0v) is 13.1. The zero-order chi connectivity index (χ0) is 15.9. The largest absolute Gasteiger partial charge is 0.352 e. The number of hydrogen-bond donors (Lipinski definition) is 1. The molecule has 1 N–H and O–H groups in total. The SMILES string of the molecule is Cc1ccc(C(=O)NCCC2CCCCCC2)cc1[N+](=O)[O-]. The molecule has 0 bridgehead atoms. The summed E-state index contributed by atoms with van der Waals surface area (Å²) in [5.74, 6) is 0.479. The molecule has 2 rings (SSSR count). The molecule has 1 aromatic rings. The van der Waals surface area contributed by atoms with Gasteiger partial charge in [-0.15, -0.1) is 0 Å². The Labute approximate surface area is 131 Å². The van der Waals surface area contributed by atoms with E-state index in [-0.39, 0.29) is 11.6 Å². The molecule has 1 aliphatic rings. The lowest BCUT2D eigenvalue weighted by Gasteiger charge is -2.14. The molecule has 0 aromatic heterocycles. The number of carbonyl (C=O) groups is 1. The molecule has 0 saturated heterocycles. The number of benzene rings is 1. The second-order valence-corrected chi connectivity index (χ2v) is 6.16. The molecule has 5 nitrogen and oxygen atoms in total. The van der Waals surface area contributed by atoms with Crippen LogP contribution in [-0.4, -0.2) is 17.4 Å². The standard InChI is InChI=1S/C17H24N2O3/c1-13-8-9-15(12-16(13)19(21)22)17(20)18-11-10-14-6-4-2-3-5-7-14/h8-9,12,14H,2-7,10-11H2,1H3,(H,18,20). The molecule has 1 aromatic carbocycles. The van der Waals surface area contributed by atoms with Crippen molar-refractivity contribution < 1.29 is 9.72 Å². The lowest BCUT2D eigenvalue weighted by molar-refractivity contribution is -0.385. The fourth-order valence-electron chi connectivity index (χ4n) is 3.09. The molecule has 120 valence electrons. The Hall–Kier alpha value is -1.91. The minimum absolute atomic E-state index is 0.00332. The molecule has 22 heavy (non-hydrogen) atoms. The van der Waals surface area contributed by atoms with Crippen LogP contribution in [0, 0.1) is 23.0 Å². The Morgan fingerprint density at radius 1 is 1.27 bits per heavy atom. The fraction of sp³-hybridized carbons (Fsp3) is 0.588. The van der Waals surface area contributed by atoms with E-state index in [0.717, 1.165) is 6.42 Å². The Morgan fingerprint density at radius 2 is 1.95 bits per heavy atom. The van der Waals surface area contributed by atoms with Gasteiger partial charge in [0.1, 0.15) is 0 Å². The molecule has 5 heteroatoms. The number of carbonyl (C=O) groups excluding carboxylic acids is 1. The van der Waals surface area contributed by atoms with E-state index in [1.807, 2.05) is 0 Å². The molecule has 1 aliphatic carbocycles. The highest BCUT2D eigenvalue weighted by molar-refractivity contribution is 5.94. The third kappa shape index (κ3) is 4.55. The van der Waals surface area contributed by atoms with Gasteiger partial charge in [-0.3, -0.25) is 14.9 Å². The van der Waals surface area contributed by atoms with E-state index < -0.39 is 4.92 Å². The highest BCUT2D eigenvalue weighted by atomic mass is 16.6. The maximum atomic E-state index is 12.1. The number of aryl methyl sites for hydroxylation is 1. The first kappa shape index (κ1) is 16.5. The number of amides is 1. The molecule has 0 atom stereocenters. The first-order valence-corrected chi connectivity index (χ1v) is 8.11. The molecule has 0 radical (unpaired) electrons. The highest BCUT2D eigenvalue weighted by Crippen LogP contribution is 2.25. The fourth-order valence-corrected chi connectivity index (χ4v) is 3.09. The van der Waals surface area contributed by atoms with E-state index in [0.29, 0.717) is 23.6 Å². The maximum absolute atomic E-state index is 12.1. The Morgan fingerprint density at radius 3 is 2.59 bits per heavy atom. The van der Waals surface area contributed by atoms with Crippen LogP contribution in [0.3, 0.4) is 0 Å². The topological polar surface area (TPSA) is 72.2 Å². The van der Waals surface area contributed by atoms with Crippen molar-refractivity contribution in [1.82, 2.24) is 5.32 Å². The number of rotatable bonds is 5. The van der Waals surface area contributed by atoms with Crippen molar-refractivity contribution in [2.24, 2.45) is 5.92 Å². The van der Waals surface area contributed by atoms with Crippen LogP contribution in [0.1, 0.15) is 60.9 Å². The summed E-state index contributed by atoms with van der Waals surface area (Å²) in [6.07, 6.45) is 8.76. The van der Waals surface area contributed by atoms with Gasteiger partial charge in [-0.05, 0) is 25.3 Å². The minimum atomic E-state index is -0.447. The summed E-state index contributed by atoms with van der Waals surface area (Å²) in [6, 6.07) is 4.62. The smallest absolute Gasteiger partial charge is 0.273 e. The van der Waals surface area contributed by atoms with Gasteiger partial charge < -0.3 is 5.32 Å². The normalized spacial score (nSPS) is 16.0. The van der Waals surface area contributed by atoms with E-state index >= 15 is 0 Å². The van der Waals surface area contributed by atoms with Gasteiger partial charge in [0.25, 0.3) is 11.6 Å². The predicted molar refractivity (Wildman–Crippen MR) is 86.0 cm³/mol. The summed E-state index contributed by atoms with van der Waals surface area (Å²) in [6.45, 7) is 2.32. The van der Waals surface area contributed by atoms with E-state index in [2.05, 4.69) is 5.32 Å². The monoisotopic (exact) mass is 304 g/mol. The quantitative estimate of drug-likeness (QED) is 0.508. The third-order valence-electron chi connectivity index (χ3n) is 4.48. The second kappa shape index (κ2) is 7.92. The van der Waals surface area contributed by atoms with Crippen LogP contribution in [0.15, 0.2) is 18.2 Å². The number of hydrogen-bond acceptors (Lipinski definition) is 3. The first-order chi connectivity index (χ1) is 10.6. The van der Waals surface area contributed by atoms with Gasteiger partial charge in [0.15, 0.2) is 0 Å². The van der Waals surface area contributed by atoms with Crippen molar-refractivity contribution in [3.05, 3.63) is 39.4 Å². The predicted octanol–water partition coefficient (Wildman–Crippen LogP) is 3.99. The van der Waals surface area contributed by atoms with Crippen molar-refractivity contribution >= 4 is 11.6 Å². The number of nitrogens with one attached hydrogen (secondary N) is 1. The molecule has 0 unspecified atom stereocenters. The van der Waals surface area contributed by atoms with Crippen molar-refractivity contribution in [3.8, 4) is 0 Å². The average Bonchev–Trinajstić information content (AvgIpc) is 2.76. The molecular formula is C17H24N2O3. The average molecular weight is 304 g/mol. The van der Waals surface area contributed by atoms with E-state index in [1.165, 1.54) is 44.6 Å². The minimum Gasteiger partial charge on any atom is -0.352 e. The van der Waals surface area contributed by atoms with E-state index in [4.69, 9.17) is 0 Å². The van der Waals surface area contributed by atoms with Gasteiger partial charge in [0.05, 0.1) is 4.92 Å². The molecule has 0 aliphatic heterocycles. The van der Waals surface area contributed by atoms with Crippen LogP contribution in [0.25, 0.3) is 0 Å². The van der Waals surface area contributed by atoms with Crippen LogP contribution in [0.5, 0.6) is 0 Å². The Kier molecular flexibility index (Phi) is 5.92.